The molecule has 1 aromatic carbocycles. The Hall–Kier alpha value is -2.15. The molecule has 3 N–H and O–H groups in total. The molecule has 0 aliphatic rings. The Morgan fingerprint density at radius 2 is 2.20 bits per heavy atom. The second kappa shape index (κ2) is 7.44. The molecule has 0 spiro atoms. The van der Waals surface area contributed by atoms with Gasteiger partial charge in [0, 0.05) is 18.7 Å². The minimum atomic E-state index is -0.487. The van der Waals surface area contributed by atoms with Crippen LogP contribution in [-0.2, 0) is 0 Å². The molecule has 0 aliphatic carbocycles. The smallest absolute Gasteiger partial charge is 0.319 e. The first-order valence-electron chi connectivity index (χ1n) is 6.42. The summed E-state index contributed by atoms with van der Waals surface area (Å²) in [4.78, 5) is 22.1. The Kier molecular flexibility index (Phi) is 5.92. The maximum absolute atomic E-state index is 11.8. The number of amides is 2. The summed E-state index contributed by atoms with van der Waals surface area (Å²) in [5.41, 5.74) is 0.767. The first kappa shape index (κ1) is 15.9. The van der Waals surface area contributed by atoms with Crippen LogP contribution < -0.4 is 10.6 Å². The number of carbonyl (C=O) groups is 1. The van der Waals surface area contributed by atoms with E-state index in [9.17, 15) is 14.9 Å². The molecule has 0 heterocycles. The van der Waals surface area contributed by atoms with Crippen molar-refractivity contribution in [1.29, 1.82) is 0 Å². The monoisotopic (exact) mass is 281 g/mol. The highest BCUT2D eigenvalue weighted by Crippen LogP contribution is 2.24. The van der Waals surface area contributed by atoms with Crippen LogP contribution in [-0.4, -0.2) is 28.7 Å². The first-order valence-corrected chi connectivity index (χ1v) is 6.42. The molecule has 0 aliphatic heterocycles. The van der Waals surface area contributed by atoms with Crippen LogP contribution in [0.2, 0.25) is 0 Å². The lowest BCUT2D eigenvalue weighted by Crippen LogP contribution is -2.38. The van der Waals surface area contributed by atoms with E-state index in [1.165, 1.54) is 12.1 Å². The van der Waals surface area contributed by atoms with Gasteiger partial charge in [-0.1, -0.05) is 13.0 Å². The van der Waals surface area contributed by atoms with Crippen LogP contribution in [0, 0.1) is 17.0 Å². The minimum absolute atomic E-state index is 0.00533. The molecule has 110 valence electrons. The number of anilines is 1. The van der Waals surface area contributed by atoms with E-state index in [0.29, 0.717) is 24.1 Å². The lowest BCUT2D eigenvalue weighted by Gasteiger charge is -2.17. The van der Waals surface area contributed by atoms with E-state index < -0.39 is 11.0 Å². The molecule has 1 aromatic rings. The van der Waals surface area contributed by atoms with Gasteiger partial charge in [0.05, 0.1) is 16.2 Å². The summed E-state index contributed by atoms with van der Waals surface area (Å²) in [6.07, 6.45) is 1.17. The summed E-state index contributed by atoms with van der Waals surface area (Å²) in [5.74, 6) is 0. The van der Waals surface area contributed by atoms with Crippen LogP contribution in [0.3, 0.4) is 0 Å². The molecule has 7 heteroatoms. The van der Waals surface area contributed by atoms with Crippen LogP contribution in [0.4, 0.5) is 16.2 Å². The van der Waals surface area contributed by atoms with Gasteiger partial charge < -0.3 is 15.7 Å². The van der Waals surface area contributed by atoms with Crippen molar-refractivity contribution in [2.75, 3.05) is 11.9 Å². The second-order valence-corrected chi connectivity index (χ2v) is 4.42. The van der Waals surface area contributed by atoms with Crippen LogP contribution in [0.1, 0.15) is 25.3 Å². The van der Waals surface area contributed by atoms with E-state index in [2.05, 4.69) is 10.6 Å². The first-order chi connectivity index (χ1) is 9.49. The van der Waals surface area contributed by atoms with Crippen molar-refractivity contribution >= 4 is 17.4 Å². The largest absolute Gasteiger partial charge is 0.396 e. The van der Waals surface area contributed by atoms with Gasteiger partial charge in [0.25, 0.3) is 5.69 Å². The maximum atomic E-state index is 11.8. The average molecular weight is 281 g/mol. The number of hydrogen-bond donors (Lipinski definition) is 3. The fourth-order valence-electron chi connectivity index (χ4n) is 1.83. The quantitative estimate of drug-likeness (QED) is 0.549. The third kappa shape index (κ3) is 4.20. The molecule has 0 fully saturated rings. The summed E-state index contributed by atoms with van der Waals surface area (Å²) in [6.45, 7) is 3.48. The number of aliphatic hydroxyl groups excluding tert-OH is 1. The lowest BCUT2D eigenvalue weighted by molar-refractivity contribution is -0.385. The van der Waals surface area contributed by atoms with Gasteiger partial charge in [0.1, 0.15) is 0 Å². The van der Waals surface area contributed by atoms with E-state index in [1.54, 1.807) is 13.0 Å². The predicted molar refractivity (Wildman–Crippen MR) is 75.8 cm³/mol. The standard InChI is InChI=1S/C13H19N3O4/c1-3-10(7-8-17)14-13(18)15-11-5-4-6-12(9(11)2)16(19)20/h4-6,10,17H,3,7-8H2,1-2H3,(H2,14,15,18). The normalized spacial score (nSPS) is 11.8. The Morgan fingerprint density at radius 3 is 2.75 bits per heavy atom. The maximum Gasteiger partial charge on any atom is 0.319 e. The Labute approximate surface area is 117 Å². The summed E-state index contributed by atoms with van der Waals surface area (Å²) >= 11 is 0. The highest BCUT2D eigenvalue weighted by molar-refractivity contribution is 5.90. The van der Waals surface area contributed by atoms with Crippen molar-refractivity contribution in [3.05, 3.63) is 33.9 Å². The van der Waals surface area contributed by atoms with E-state index >= 15 is 0 Å². The molecule has 0 saturated carbocycles. The van der Waals surface area contributed by atoms with Crippen LogP contribution >= 0.6 is 0 Å². The molecule has 1 unspecified atom stereocenters. The summed E-state index contributed by atoms with van der Waals surface area (Å²) < 4.78 is 0. The zero-order chi connectivity index (χ0) is 15.1. The molecule has 7 nitrogen and oxygen atoms in total. The van der Waals surface area contributed by atoms with Gasteiger partial charge in [-0.15, -0.1) is 0 Å². The SMILES string of the molecule is CCC(CCO)NC(=O)Nc1cccc([N+](=O)[O-])c1C. The summed E-state index contributed by atoms with van der Waals surface area (Å²) in [5, 5.41) is 25.0. The molecule has 0 aromatic heterocycles. The van der Waals surface area contributed by atoms with Crippen molar-refractivity contribution in [2.45, 2.75) is 32.7 Å². The minimum Gasteiger partial charge on any atom is -0.396 e. The Balaban J connectivity index is 2.76. The van der Waals surface area contributed by atoms with E-state index in [1.807, 2.05) is 6.92 Å². The van der Waals surface area contributed by atoms with Crippen molar-refractivity contribution in [3.8, 4) is 0 Å². The molecule has 20 heavy (non-hydrogen) atoms. The van der Waals surface area contributed by atoms with E-state index in [0.717, 1.165) is 0 Å². The van der Waals surface area contributed by atoms with Crippen LogP contribution in [0.15, 0.2) is 18.2 Å². The van der Waals surface area contributed by atoms with Gasteiger partial charge in [-0.2, -0.15) is 0 Å². The predicted octanol–water partition coefficient (Wildman–Crippen LogP) is 2.19. The number of nitro groups is 1. The molecular weight excluding hydrogens is 262 g/mol. The fourth-order valence-corrected chi connectivity index (χ4v) is 1.83. The number of rotatable bonds is 6. The molecule has 1 atom stereocenters. The van der Waals surface area contributed by atoms with Crippen molar-refractivity contribution < 1.29 is 14.8 Å². The molecule has 2 amide bonds. The Bertz CT molecular complexity index is 491. The zero-order valence-corrected chi connectivity index (χ0v) is 11.5. The van der Waals surface area contributed by atoms with E-state index in [-0.39, 0.29) is 18.3 Å². The topological polar surface area (TPSA) is 104 Å². The average Bonchev–Trinajstić information content (AvgIpc) is 2.40. The van der Waals surface area contributed by atoms with Crippen LogP contribution in [0.25, 0.3) is 0 Å². The van der Waals surface area contributed by atoms with E-state index in [4.69, 9.17) is 5.11 Å². The molecule has 1 rings (SSSR count). The zero-order valence-electron chi connectivity index (χ0n) is 11.5. The number of carbonyl (C=O) groups excluding carboxylic acids is 1. The third-order valence-corrected chi connectivity index (χ3v) is 3.06. The number of benzene rings is 1. The van der Waals surface area contributed by atoms with Crippen LogP contribution in [0.5, 0.6) is 0 Å². The molecule has 0 radical (unpaired) electrons. The van der Waals surface area contributed by atoms with Gasteiger partial charge in [-0.25, -0.2) is 4.79 Å². The van der Waals surface area contributed by atoms with Gasteiger partial charge in [0.2, 0.25) is 0 Å². The van der Waals surface area contributed by atoms with Gasteiger partial charge in [-0.05, 0) is 25.8 Å². The van der Waals surface area contributed by atoms with Gasteiger partial charge in [0.15, 0.2) is 0 Å². The Morgan fingerprint density at radius 1 is 1.50 bits per heavy atom. The highest BCUT2D eigenvalue weighted by atomic mass is 16.6. The third-order valence-electron chi connectivity index (χ3n) is 3.06. The molecule has 0 saturated heterocycles. The number of hydrogen-bond acceptors (Lipinski definition) is 4. The van der Waals surface area contributed by atoms with Gasteiger partial charge >= 0.3 is 6.03 Å². The molecular formula is C13H19N3O4. The van der Waals surface area contributed by atoms with Crippen molar-refractivity contribution in [1.82, 2.24) is 5.32 Å². The number of urea groups is 1. The fraction of sp³-hybridized carbons (Fsp3) is 0.462. The lowest BCUT2D eigenvalue weighted by atomic mass is 10.1. The summed E-state index contributed by atoms with van der Waals surface area (Å²) in [6, 6.07) is 3.95. The molecule has 0 bridgehead atoms. The van der Waals surface area contributed by atoms with Gasteiger partial charge in [-0.3, -0.25) is 10.1 Å². The number of aliphatic hydroxyl groups is 1. The highest BCUT2D eigenvalue weighted by Gasteiger charge is 2.16. The number of nitrogens with one attached hydrogen (secondary N) is 2. The number of nitro benzene ring substituents is 1. The van der Waals surface area contributed by atoms with Crippen molar-refractivity contribution in [3.63, 3.8) is 0 Å². The second-order valence-electron chi connectivity index (χ2n) is 4.42. The summed E-state index contributed by atoms with van der Waals surface area (Å²) in [7, 11) is 0. The number of nitrogens with zero attached hydrogens (tertiary/aromatic N) is 1. The van der Waals surface area contributed by atoms with Crippen molar-refractivity contribution in [2.24, 2.45) is 0 Å².